The molecule has 0 aliphatic carbocycles. The van der Waals surface area contributed by atoms with Gasteiger partial charge in [0.05, 0.1) is 0 Å². The van der Waals surface area contributed by atoms with Gasteiger partial charge in [0.15, 0.2) is 12.5 Å². The molecule has 0 aromatic carbocycles. The molecular weight excluding hydrogens is 94.0 g/mol. The highest BCUT2D eigenvalue weighted by Gasteiger charge is 2.05. The van der Waals surface area contributed by atoms with E-state index in [0.29, 0.717) is 0 Å². The van der Waals surface area contributed by atoms with Crippen molar-refractivity contribution in [1.29, 1.82) is 0 Å². The molecule has 3 nitrogen and oxygen atoms in total. The van der Waals surface area contributed by atoms with Crippen molar-refractivity contribution < 1.29 is 9.57 Å². The first kappa shape index (κ1) is 4.61. The number of hydrogen-bond donors (Lipinski definition) is 1. The molecule has 1 rings (SSSR count). The second-order valence-corrected chi connectivity index (χ2v) is 1.16. The number of ether oxygens (including phenoxy) is 1. The van der Waals surface area contributed by atoms with E-state index in [2.05, 4.69) is 16.6 Å². The number of nitrogens with one attached hydrogen (secondary N) is 1. The second-order valence-electron chi connectivity index (χ2n) is 1.16. The summed E-state index contributed by atoms with van der Waals surface area (Å²) < 4.78 is 4.76. The first-order valence-corrected chi connectivity index (χ1v) is 1.96. The van der Waals surface area contributed by atoms with Crippen LogP contribution in [0.2, 0.25) is 0 Å². The molecule has 1 heterocycles. The monoisotopic (exact) mass is 100 g/mol. The minimum atomic E-state index is -0.111. The van der Waals surface area contributed by atoms with Crippen molar-refractivity contribution >= 4 is 0 Å². The standard InChI is InChI=1S/C4H6NO2/c1-6-4-2-3-7-5-4/h2,4-5H,1H3. The lowest BCUT2D eigenvalue weighted by Gasteiger charge is -2.01. The molecule has 0 aromatic rings. The maximum atomic E-state index is 4.76. The minimum Gasteiger partial charge on any atom is -0.402 e. The molecule has 1 radical (unpaired) electrons. The number of hydrogen-bond acceptors (Lipinski definition) is 3. The summed E-state index contributed by atoms with van der Waals surface area (Å²) >= 11 is 0. The number of hydroxylamine groups is 1. The van der Waals surface area contributed by atoms with Crippen LogP contribution < -0.4 is 5.48 Å². The summed E-state index contributed by atoms with van der Waals surface area (Å²) in [7, 11) is 1.59. The Morgan fingerprint density at radius 3 is 3.14 bits per heavy atom. The van der Waals surface area contributed by atoms with Gasteiger partial charge in [-0.2, -0.15) is 0 Å². The summed E-state index contributed by atoms with van der Waals surface area (Å²) in [5, 5.41) is 0. The normalized spacial score (nSPS) is 27.9. The molecule has 0 spiro atoms. The Morgan fingerprint density at radius 1 is 2.00 bits per heavy atom. The molecule has 0 fully saturated rings. The molecule has 0 amide bonds. The van der Waals surface area contributed by atoms with Gasteiger partial charge < -0.3 is 9.57 Å². The maximum absolute atomic E-state index is 4.76. The first-order valence-electron chi connectivity index (χ1n) is 1.96. The summed E-state index contributed by atoms with van der Waals surface area (Å²) in [6.45, 7) is 0. The van der Waals surface area contributed by atoms with E-state index in [4.69, 9.17) is 4.74 Å². The van der Waals surface area contributed by atoms with Crippen molar-refractivity contribution in [3.05, 3.63) is 12.3 Å². The molecule has 0 saturated heterocycles. The third-order valence-corrected chi connectivity index (χ3v) is 0.707. The molecule has 0 bridgehead atoms. The van der Waals surface area contributed by atoms with Gasteiger partial charge in [0.2, 0.25) is 0 Å². The Bertz CT molecular complexity index is 81.8. The Balaban J connectivity index is 2.28. The smallest absolute Gasteiger partial charge is 0.191 e. The predicted molar refractivity (Wildman–Crippen MR) is 22.8 cm³/mol. The lowest BCUT2D eigenvalue weighted by atomic mass is 10.6. The molecular formula is C4H6NO2. The summed E-state index contributed by atoms with van der Waals surface area (Å²) in [5.74, 6) is 0. The quantitative estimate of drug-likeness (QED) is 0.495. The lowest BCUT2D eigenvalue weighted by molar-refractivity contribution is 0.0118. The SMILES string of the molecule is COC1C=[C]ON1. The van der Waals surface area contributed by atoms with E-state index >= 15 is 0 Å². The highest BCUT2D eigenvalue weighted by molar-refractivity contribution is 4.79. The van der Waals surface area contributed by atoms with Crippen LogP contribution in [0.4, 0.5) is 0 Å². The van der Waals surface area contributed by atoms with Gasteiger partial charge >= 0.3 is 0 Å². The first-order chi connectivity index (χ1) is 3.43. The van der Waals surface area contributed by atoms with Crippen molar-refractivity contribution in [3.63, 3.8) is 0 Å². The van der Waals surface area contributed by atoms with Crippen LogP contribution in [0.25, 0.3) is 0 Å². The fourth-order valence-corrected chi connectivity index (χ4v) is 0.338. The topological polar surface area (TPSA) is 30.5 Å². The molecule has 7 heavy (non-hydrogen) atoms. The van der Waals surface area contributed by atoms with Crippen LogP contribution in [0, 0.1) is 6.26 Å². The fourth-order valence-electron chi connectivity index (χ4n) is 0.338. The van der Waals surface area contributed by atoms with Crippen LogP contribution >= 0.6 is 0 Å². The van der Waals surface area contributed by atoms with Crippen LogP contribution in [-0.4, -0.2) is 13.3 Å². The highest BCUT2D eigenvalue weighted by atomic mass is 16.7. The van der Waals surface area contributed by atoms with Gasteiger partial charge in [-0.25, -0.2) is 0 Å². The Hall–Kier alpha value is -0.540. The molecule has 1 atom stereocenters. The van der Waals surface area contributed by atoms with E-state index in [9.17, 15) is 0 Å². The summed E-state index contributed by atoms with van der Waals surface area (Å²) in [6, 6.07) is 0. The van der Waals surface area contributed by atoms with Gasteiger partial charge in [0.25, 0.3) is 0 Å². The van der Waals surface area contributed by atoms with E-state index in [-0.39, 0.29) is 6.23 Å². The van der Waals surface area contributed by atoms with Crippen LogP contribution in [0.5, 0.6) is 0 Å². The van der Waals surface area contributed by atoms with Crippen molar-refractivity contribution in [1.82, 2.24) is 5.48 Å². The molecule has 1 unspecified atom stereocenters. The van der Waals surface area contributed by atoms with E-state index in [1.54, 1.807) is 13.2 Å². The molecule has 1 N–H and O–H groups in total. The number of methoxy groups -OCH3 is 1. The van der Waals surface area contributed by atoms with Gasteiger partial charge in [0, 0.05) is 13.2 Å². The van der Waals surface area contributed by atoms with E-state index in [1.807, 2.05) is 0 Å². The van der Waals surface area contributed by atoms with Gasteiger partial charge in [0.1, 0.15) is 0 Å². The Kier molecular flexibility index (Phi) is 1.29. The van der Waals surface area contributed by atoms with Crippen molar-refractivity contribution in [2.75, 3.05) is 7.11 Å². The second kappa shape index (κ2) is 1.95. The third kappa shape index (κ3) is 0.913. The highest BCUT2D eigenvalue weighted by Crippen LogP contribution is 1.92. The van der Waals surface area contributed by atoms with Gasteiger partial charge in [-0.3, -0.25) is 0 Å². The van der Waals surface area contributed by atoms with Crippen molar-refractivity contribution in [2.24, 2.45) is 0 Å². The Morgan fingerprint density at radius 2 is 2.86 bits per heavy atom. The zero-order chi connectivity index (χ0) is 5.11. The summed E-state index contributed by atoms with van der Waals surface area (Å²) in [4.78, 5) is 4.47. The summed E-state index contributed by atoms with van der Waals surface area (Å²) in [6.07, 6.45) is 4.00. The third-order valence-electron chi connectivity index (χ3n) is 0.707. The van der Waals surface area contributed by atoms with Crippen LogP contribution in [0.3, 0.4) is 0 Å². The van der Waals surface area contributed by atoms with Gasteiger partial charge in [-0.1, -0.05) is 0 Å². The summed E-state index contributed by atoms with van der Waals surface area (Å²) in [5.41, 5.74) is 2.52. The zero-order valence-corrected chi connectivity index (χ0v) is 3.97. The molecule has 3 heteroatoms. The molecule has 0 aromatic heterocycles. The molecule has 0 saturated carbocycles. The van der Waals surface area contributed by atoms with Gasteiger partial charge in [-0.15, -0.1) is 5.48 Å². The Labute approximate surface area is 41.9 Å². The minimum absolute atomic E-state index is 0.111. The van der Waals surface area contributed by atoms with Crippen LogP contribution in [0.1, 0.15) is 0 Å². The largest absolute Gasteiger partial charge is 0.402 e. The molecule has 1 aliphatic heterocycles. The predicted octanol–water partition coefficient (Wildman–Crippen LogP) is -0.189. The van der Waals surface area contributed by atoms with Crippen LogP contribution in [-0.2, 0) is 9.57 Å². The average molecular weight is 100 g/mol. The van der Waals surface area contributed by atoms with E-state index in [1.165, 1.54) is 0 Å². The van der Waals surface area contributed by atoms with E-state index in [0.717, 1.165) is 0 Å². The van der Waals surface area contributed by atoms with Gasteiger partial charge in [-0.05, 0) is 0 Å². The van der Waals surface area contributed by atoms with Crippen molar-refractivity contribution in [2.45, 2.75) is 6.23 Å². The average Bonchev–Trinajstić information content (AvgIpc) is 2.14. The van der Waals surface area contributed by atoms with Crippen molar-refractivity contribution in [3.8, 4) is 0 Å². The molecule has 39 valence electrons. The van der Waals surface area contributed by atoms with Crippen LogP contribution in [0.15, 0.2) is 6.08 Å². The number of rotatable bonds is 1. The van der Waals surface area contributed by atoms with E-state index < -0.39 is 0 Å². The molecule has 1 aliphatic rings. The maximum Gasteiger partial charge on any atom is 0.191 e. The lowest BCUT2D eigenvalue weighted by Crippen LogP contribution is -2.21. The fraction of sp³-hybridized carbons (Fsp3) is 0.500. The zero-order valence-electron chi connectivity index (χ0n) is 3.97.